The summed E-state index contributed by atoms with van der Waals surface area (Å²) in [4.78, 5) is 23.2. The number of hydrogen-bond acceptors (Lipinski definition) is 5. The number of rotatable bonds is 7. The summed E-state index contributed by atoms with van der Waals surface area (Å²) in [6.07, 6.45) is 0.137. The summed E-state index contributed by atoms with van der Waals surface area (Å²) in [5.41, 5.74) is 1.34. The van der Waals surface area contributed by atoms with Gasteiger partial charge in [0, 0.05) is 5.56 Å². The molecule has 0 aromatic heterocycles. The topological polar surface area (TPSA) is 84.9 Å². The van der Waals surface area contributed by atoms with Gasteiger partial charge < -0.3 is 19.9 Å². The molecule has 0 saturated heterocycles. The molecule has 6 heteroatoms. The summed E-state index contributed by atoms with van der Waals surface area (Å²) in [5.74, 6) is -1.14. The summed E-state index contributed by atoms with van der Waals surface area (Å²) in [6.45, 7) is 3.85. The summed E-state index contributed by atoms with van der Waals surface area (Å²) in [6, 6.07) is 5.78. The maximum absolute atomic E-state index is 12.0. The minimum Gasteiger partial charge on any atom is -0.467 e. The van der Waals surface area contributed by atoms with Gasteiger partial charge in [-0.1, -0.05) is 12.1 Å². The molecule has 0 aliphatic heterocycles. The predicted octanol–water partition coefficient (Wildman–Crippen LogP) is 0.875. The van der Waals surface area contributed by atoms with Crippen molar-refractivity contribution in [3.05, 3.63) is 35.4 Å². The second-order valence-electron chi connectivity index (χ2n) is 4.79. The molecule has 6 nitrogen and oxygen atoms in total. The first-order valence-corrected chi connectivity index (χ1v) is 6.68. The number of benzene rings is 1. The lowest BCUT2D eigenvalue weighted by molar-refractivity contribution is -0.143. The number of carbonyl (C=O) groups excluding carboxylic acids is 2. The van der Waals surface area contributed by atoms with E-state index < -0.39 is 24.5 Å². The quantitative estimate of drug-likeness (QED) is 0.729. The second-order valence-corrected chi connectivity index (χ2v) is 4.79. The smallest absolute Gasteiger partial charge is 0.330 e. The standard InChI is InChI=1S/C15H21NO5/c1-10(2)21-9-11-4-6-12(7-5-11)14(18)16-13(8-17)15(19)20-3/h4-7,10,13,17H,8-9H2,1-3H3,(H,16,18)/t13-/m1/s1. The fraction of sp³-hybridized carbons (Fsp3) is 0.467. The molecule has 1 amide bonds. The molecule has 0 bridgehead atoms. The molecule has 0 radical (unpaired) electrons. The van der Waals surface area contributed by atoms with Crippen molar-refractivity contribution in [2.75, 3.05) is 13.7 Å². The van der Waals surface area contributed by atoms with Crippen LogP contribution in [0.5, 0.6) is 0 Å². The molecule has 0 fully saturated rings. The molecule has 0 unspecified atom stereocenters. The third-order valence-electron chi connectivity index (χ3n) is 2.77. The Labute approximate surface area is 124 Å². The van der Waals surface area contributed by atoms with Gasteiger partial charge in [-0.25, -0.2) is 4.79 Å². The van der Waals surface area contributed by atoms with Crippen LogP contribution in [0, 0.1) is 0 Å². The van der Waals surface area contributed by atoms with E-state index >= 15 is 0 Å². The highest BCUT2D eigenvalue weighted by atomic mass is 16.5. The highest BCUT2D eigenvalue weighted by Gasteiger charge is 2.20. The van der Waals surface area contributed by atoms with E-state index in [1.165, 1.54) is 7.11 Å². The Kier molecular flexibility index (Phi) is 6.84. The molecule has 0 heterocycles. The van der Waals surface area contributed by atoms with Crippen LogP contribution in [0.4, 0.5) is 0 Å². The molecule has 2 N–H and O–H groups in total. The lowest BCUT2D eigenvalue weighted by Gasteiger charge is -2.14. The van der Waals surface area contributed by atoms with Gasteiger partial charge in [-0.3, -0.25) is 4.79 Å². The van der Waals surface area contributed by atoms with Crippen LogP contribution in [-0.4, -0.2) is 42.8 Å². The Hall–Kier alpha value is -1.92. The number of hydrogen-bond donors (Lipinski definition) is 2. The average molecular weight is 295 g/mol. The summed E-state index contributed by atoms with van der Waals surface area (Å²) >= 11 is 0. The Balaban J connectivity index is 2.64. The van der Waals surface area contributed by atoms with E-state index in [1.54, 1.807) is 24.3 Å². The third-order valence-corrected chi connectivity index (χ3v) is 2.77. The normalized spacial score (nSPS) is 12.0. The number of carbonyl (C=O) groups is 2. The van der Waals surface area contributed by atoms with Gasteiger partial charge in [0.1, 0.15) is 0 Å². The summed E-state index contributed by atoms with van der Waals surface area (Å²) in [5, 5.41) is 11.5. The Morgan fingerprint density at radius 2 is 1.86 bits per heavy atom. The van der Waals surface area contributed by atoms with Crippen LogP contribution in [0.3, 0.4) is 0 Å². The molecular formula is C15H21NO5. The highest BCUT2D eigenvalue weighted by molar-refractivity contribution is 5.96. The number of amides is 1. The maximum Gasteiger partial charge on any atom is 0.330 e. The maximum atomic E-state index is 12.0. The molecule has 116 valence electrons. The van der Waals surface area contributed by atoms with Crippen molar-refractivity contribution in [1.29, 1.82) is 0 Å². The van der Waals surface area contributed by atoms with E-state index in [-0.39, 0.29) is 6.10 Å². The van der Waals surface area contributed by atoms with Crippen LogP contribution < -0.4 is 5.32 Å². The molecule has 1 aromatic rings. The third kappa shape index (κ3) is 5.53. The van der Waals surface area contributed by atoms with Gasteiger partial charge in [0.05, 0.1) is 26.4 Å². The average Bonchev–Trinajstić information content (AvgIpc) is 2.50. The van der Waals surface area contributed by atoms with Crippen LogP contribution >= 0.6 is 0 Å². The fourth-order valence-electron chi connectivity index (χ4n) is 1.58. The molecule has 0 aliphatic rings. The second kappa shape index (κ2) is 8.39. The minimum absolute atomic E-state index is 0.137. The SMILES string of the molecule is COC(=O)[C@@H](CO)NC(=O)c1ccc(COC(C)C)cc1. The minimum atomic E-state index is -1.06. The molecule has 1 rings (SSSR count). The first kappa shape index (κ1) is 17.1. The zero-order valence-electron chi connectivity index (χ0n) is 12.5. The van der Waals surface area contributed by atoms with Crippen molar-refractivity contribution in [2.24, 2.45) is 0 Å². The molecular weight excluding hydrogens is 274 g/mol. The molecule has 1 aromatic carbocycles. The van der Waals surface area contributed by atoms with E-state index in [1.807, 2.05) is 13.8 Å². The van der Waals surface area contributed by atoms with Crippen molar-refractivity contribution in [3.63, 3.8) is 0 Å². The van der Waals surface area contributed by atoms with E-state index in [0.717, 1.165) is 5.56 Å². The number of esters is 1. The predicted molar refractivity (Wildman–Crippen MR) is 76.7 cm³/mol. The van der Waals surface area contributed by atoms with Crippen LogP contribution in [0.2, 0.25) is 0 Å². The fourth-order valence-corrected chi connectivity index (χ4v) is 1.58. The van der Waals surface area contributed by atoms with Gasteiger partial charge in [0.25, 0.3) is 5.91 Å². The monoisotopic (exact) mass is 295 g/mol. The first-order chi connectivity index (χ1) is 9.97. The van der Waals surface area contributed by atoms with E-state index in [0.29, 0.717) is 12.2 Å². The van der Waals surface area contributed by atoms with Crippen molar-refractivity contribution in [3.8, 4) is 0 Å². The van der Waals surface area contributed by atoms with Crippen LogP contribution in [-0.2, 0) is 20.9 Å². The van der Waals surface area contributed by atoms with E-state index in [2.05, 4.69) is 10.1 Å². The zero-order valence-corrected chi connectivity index (χ0v) is 12.5. The Morgan fingerprint density at radius 1 is 1.24 bits per heavy atom. The van der Waals surface area contributed by atoms with E-state index in [4.69, 9.17) is 9.84 Å². The molecule has 0 spiro atoms. The Morgan fingerprint density at radius 3 is 2.33 bits per heavy atom. The molecule has 1 atom stereocenters. The van der Waals surface area contributed by atoms with Gasteiger partial charge in [0.2, 0.25) is 0 Å². The number of methoxy groups -OCH3 is 1. The Bertz CT molecular complexity index is 469. The number of aliphatic hydroxyl groups excluding tert-OH is 1. The number of nitrogens with one attached hydrogen (secondary N) is 1. The van der Waals surface area contributed by atoms with Crippen LogP contribution in [0.25, 0.3) is 0 Å². The molecule has 21 heavy (non-hydrogen) atoms. The van der Waals surface area contributed by atoms with Crippen molar-refractivity contribution < 1.29 is 24.2 Å². The van der Waals surface area contributed by atoms with Crippen molar-refractivity contribution >= 4 is 11.9 Å². The largest absolute Gasteiger partial charge is 0.467 e. The van der Waals surface area contributed by atoms with Crippen molar-refractivity contribution in [2.45, 2.75) is 32.6 Å². The molecule has 0 saturated carbocycles. The van der Waals surface area contributed by atoms with Crippen LogP contribution in [0.1, 0.15) is 29.8 Å². The van der Waals surface area contributed by atoms with Gasteiger partial charge in [-0.2, -0.15) is 0 Å². The summed E-state index contributed by atoms with van der Waals surface area (Å²) < 4.78 is 9.94. The van der Waals surface area contributed by atoms with Gasteiger partial charge >= 0.3 is 5.97 Å². The number of ether oxygens (including phenoxy) is 2. The summed E-state index contributed by atoms with van der Waals surface area (Å²) in [7, 11) is 1.20. The lowest BCUT2D eigenvalue weighted by Crippen LogP contribution is -2.44. The van der Waals surface area contributed by atoms with Crippen LogP contribution in [0.15, 0.2) is 24.3 Å². The van der Waals surface area contributed by atoms with Gasteiger partial charge in [-0.05, 0) is 31.5 Å². The van der Waals surface area contributed by atoms with E-state index in [9.17, 15) is 9.59 Å². The van der Waals surface area contributed by atoms with Gasteiger partial charge in [0.15, 0.2) is 6.04 Å². The van der Waals surface area contributed by atoms with Gasteiger partial charge in [-0.15, -0.1) is 0 Å². The first-order valence-electron chi connectivity index (χ1n) is 6.68. The highest BCUT2D eigenvalue weighted by Crippen LogP contribution is 2.07. The van der Waals surface area contributed by atoms with Crippen molar-refractivity contribution in [1.82, 2.24) is 5.32 Å². The lowest BCUT2D eigenvalue weighted by atomic mass is 10.1. The zero-order chi connectivity index (χ0) is 15.8. The number of aliphatic hydroxyl groups is 1. The molecule has 0 aliphatic carbocycles.